The number of imidazole rings is 2. The van der Waals surface area contributed by atoms with Crippen LogP contribution in [-0.4, -0.2) is 38.9 Å². The maximum absolute atomic E-state index is 12.5. The van der Waals surface area contributed by atoms with Crippen LogP contribution >= 0.6 is 0 Å². The Bertz CT molecular complexity index is 1130. The zero-order chi connectivity index (χ0) is 19.5. The molecule has 2 heterocycles. The van der Waals surface area contributed by atoms with Crippen molar-refractivity contribution in [2.75, 3.05) is 17.7 Å². The summed E-state index contributed by atoms with van der Waals surface area (Å²) in [5.74, 6) is 0.566. The van der Waals surface area contributed by atoms with Crippen LogP contribution in [0.5, 0.6) is 5.75 Å². The number of nitrogens with zero attached hydrogens (tertiary/aromatic N) is 2. The molecule has 0 saturated carbocycles. The van der Waals surface area contributed by atoms with Gasteiger partial charge in [0.1, 0.15) is 5.75 Å². The number of H-pyrrole nitrogens is 2. The van der Waals surface area contributed by atoms with E-state index in [2.05, 4.69) is 30.6 Å². The van der Waals surface area contributed by atoms with Gasteiger partial charge < -0.3 is 14.7 Å². The number of aromatic nitrogens is 4. The molecule has 0 radical (unpaired) electrons. The third kappa shape index (κ3) is 3.40. The van der Waals surface area contributed by atoms with Crippen molar-refractivity contribution in [3.05, 3.63) is 66.0 Å². The van der Waals surface area contributed by atoms with E-state index in [1.807, 2.05) is 0 Å². The molecule has 2 aromatic carbocycles. The van der Waals surface area contributed by atoms with Crippen LogP contribution in [0, 0.1) is 0 Å². The normalized spacial score (nSPS) is 10.6. The Kier molecular flexibility index (Phi) is 4.47. The molecule has 9 heteroatoms. The van der Waals surface area contributed by atoms with Gasteiger partial charge in [0.05, 0.1) is 23.7 Å². The molecule has 4 N–H and O–H groups in total. The first-order chi connectivity index (χ1) is 13.6. The van der Waals surface area contributed by atoms with E-state index in [4.69, 9.17) is 4.74 Å². The maximum Gasteiger partial charge on any atom is 0.260 e. The van der Waals surface area contributed by atoms with Gasteiger partial charge in [-0.2, -0.15) is 0 Å². The standard InChI is InChI=1S/C19H16N6O3/c1-28-12-7-5-11(6-8-12)16(26)24-19-22-14-4-2-3-13(15(14)23-19)17(27)25-18-20-9-10-21-18/h2-10H,1H3,(H2,20,21,25,27)(H2,22,23,24,26). The van der Waals surface area contributed by atoms with E-state index in [0.29, 0.717) is 33.9 Å². The minimum atomic E-state index is -0.350. The fourth-order valence-electron chi connectivity index (χ4n) is 2.71. The Labute approximate surface area is 159 Å². The second kappa shape index (κ2) is 7.23. The smallest absolute Gasteiger partial charge is 0.260 e. The van der Waals surface area contributed by atoms with Crippen LogP contribution in [0.1, 0.15) is 20.7 Å². The SMILES string of the molecule is COc1ccc(C(=O)Nc2nc3cccc(C(=O)Nc4ncc[nH]4)c3[nH]2)cc1. The summed E-state index contributed by atoms with van der Waals surface area (Å²) in [6, 6.07) is 11.8. The van der Waals surface area contributed by atoms with E-state index in [1.165, 1.54) is 0 Å². The molecule has 0 aliphatic carbocycles. The molecule has 0 aliphatic rings. The summed E-state index contributed by atoms with van der Waals surface area (Å²) in [4.78, 5) is 39.0. The molecule has 0 aliphatic heterocycles. The molecule has 0 atom stereocenters. The lowest BCUT2D eigenvalue weighted by Gasteiger charge is -2.04. The fourth-order valence-corrected chi connectivity index (χ4v) is 2.71. The molecule has 0 unspecified atom stereocenters. The van der Waals surface area contributed by atoms with Crippen molar-refractivity contribution in [2.24, 2.45) is 0 Å². The molecule has 4 aromatic rings. The number of rotatable bonds is 5. The highest BCUT2D eigenvalue weighted by Crippen LogP contribution is 2.20. The molecule has 9 nitrogen and oxygen atoms in total. The summed E-state index contributed by atoms with van der Waals surface area (Å²) in [6.45, 7) is 0. The van der Waals surface area contributed by atoms with Gasteiger partial charge in [-0.25, -0.2) is 9.97 Å². The van der Waals surface area contributed by atoms with Crippen molar-refractivity contribution in [1.82, 2.24) is 19.9 Å². The summed E-state index contributed by atoms with van der Waals surface area (Å²) >= 11 is 0. The highest BCUT2D eigenvalue weighted by molar-refractivity contribution is 6.11. The van der Waals surface area contributed by atoms with Gasteiger partial charge in [0.15, 0.2) is 0 Å². The zero-order valence-electron chi connectivity index (χ0n) is 14.8. The zero-order valence-corrected chi connectivity index (χ0v) is 14.8. The fraction of sp³-hybridized carbons (Fsp3) is 0.0526. The van der Waals surface area contributed by atoms with E-state index < -0.39 is 0 Å². The monoisotopic (exact) mass is 376 g/mol. The molecular formula is C19H16N6O3. The van der Waals surface area contributed by atoms with Gasteiger partial charge in [0.25, 0.3) is 11.8 Å². The van der Waals surface area contributed by atoms with Crippen LogP contribution in [0.3, 0.4) is 0 Å². The lowest BCUT2D eigenvalue weighted by molar-refractivity contribution is 0.101. The van der Waals surface area contributed by atoms with Gasteiger partial charge in [-0.05, 0) is 36.4 Å². The molecule has 0 bridgehead atoms. The van der Waals surface area contributed by atoms with E-state index in [-0.39, 0.29) is 17.8 Å². The van der Waals surface area contributed by atoms with E-state index >= 15 is 0 Å². The van der Waals surface area contributed by atoms with Crippen LogP contribution < -0.4 is 15.4 Å². The minimum Gasteiger partial charge on any atom is -0.497 e. The molecule has 2 amide bonds. The first kappa shape index (κ1) is 17.3. The topological polar surface area (TPSA) is 125 Å². The van der Waals surface area contributed by atoms with Crippen molar-refractivity contribution in [3.8, 4) is 5.75 Å². The van der Waals surface area contributed by atoms with Gasteiger partial charge in [-0.15, -0.1) is 0 Å². The van der Waals surface area contributed by atoms with Crippen LogP contribution in [0.15, 0.2) is 54.9 Å². The summed E-state index contributed by atoms with van der Waals surface area (Å²) in [7, 11) is 1.56. The minimum absolute atomic E-state index is 0.245. The molecule has 0 spiro atoms. The highest BCUT2D eigenvalue weighted by atomic mass is 16.5. The Morgan fingerprint density at radius 2 is 1.79 bits per heavy atom. The third-order valence-corrected chi connectivity index (χ3v) is 4.08. The molecule has 28 heavy (non-hydrogen) atoms. The Balaban J connectivity index is 1.57. The second-order valence-corrected chi connectivity index (χ2v) is 5.86. The molecule has 0 saturated heterocycles. The lowest BCUT2D eigenvalue weighted by Crippen LogP contribution is -2.14. The van der Waals surface area contributed by atoms with E-state index in [9.17, 15) is 9.59 Å². The molecular weight excluding hydrogens is 360 g/mol. The first-order valence-electron chi connectivity index (χ1n) is 8.39. The van der Waals surface area contributed by atoms with Crippen molar-refractivity contribution >= 4 is 34.7 Å². The predicted octanol–water partition coefficient (Wildman–Crippen LogP) is 2.80. The molecule has 140 valence electrons. The maximum atomic E-state index is 12.5. The number of ether oxygens (including phenoxy) is 1. The number of carbonyl (C=O) groups excluding carboxylic acids is 2. The van der Waals surface area contributed by atoms with Crippen LogP contribution in [-0.2, 0) is 0 Å². The number of anilines is 2. The van der Waals surface area contributed by atoms with E-state index in [0.717, 1.165) is 0 Å². The Hall–Kier alpha value is -4.14. The average Bonchev–Trinajstić information content (AvgIpc) is 3.36. The number of para-hydroxylation sites is 1. The van der Waals surface area contributed by atoms with Gasteiger partial charge in [0, 0.05) is 18.0 Å². The second-order valence-electron chi connectivity index (χ2n) is 5.86. The van der Waals surface area contributed by atoms with Gasteiger partial charge in [-0.3, -0.25) is 20.2 Å². The van der Waals surface area contributed by atoms with Gasteiger partial charge in [-0.1, -0.05) is 6.07 Å². The largest absolute Gasteiger partial charge is 0.497 e. The number of aromatic amines is 2. The Morgan fingerprint density at radius 3 is 2.50 bits per heavy atom. The number of hydrogen-bond donors (Lipinski definition) is 4. The van der Waals surface area contributed by atoms with Crippen molar-refractivity contribution in [3.63, 3.8) is 0 Å². The predicted molar refractivity (Wildman–Crippen MR) is 104 cm³/mol. The van der Waals surface area contributed by atoms with E-state index in [1.54, 1.807) is 62.0 Å². The molecule has 4 rings (SSSR count). The van der Waals surface area contributed by atoms with Crippen molar-refractivity contribution in [2.45, 2.75) is 0 Å². The number of benzene rings is 2. The summed E-state index contributed by atoms with van der Waals surface area (Å²) in [5, 5.41) is 5.36. The lowest BCUT2D eigenvalue weighted by atomic mass is 10.2. The van der Waals surface area contributed by atoms with Crippen molar-refractivity contribution < 1.29 is 14.3 Å². The number of nitrogens with one attached hydrogen (secondary N) is 4. The van der Waals surface area contributed by atoms with Crippen LogP contribution in [0.4, 0.5) is 11.9 Å². The molecule has 0 fully saturated rings. The summed E-state index contributed by atoms with van der Waals surface area (Å²) < 4.78 is 5.09. The molecule has 2 aromatic heterocycles. The van der Waals surface area contributed by atoms with Gasteiger partial charge in [0.2, 0.25) is 11.9 Å². The average molecular weight is 376 g/mol. The number of amides is 2. The van der Waals surface area contributed by atoms with Crippen LogP contribution in [0.2, 0.25) is 0 Å². The third-order valence-electron chi connectivity index (χ3n) is 4.08. The number of methoxy groups -OCH3 is 1. The summed E-state index contributed by atoms with van der Waals surface area (Å²) in [5.41, 5.74) is 1.90. The number of carbonyl (C=O) groups is 2. The van der Waals surface area contributed by atoms with Crippen molar-refractivity contribution in [1.29, 1.82) is 0 Å². The Morgan fingerprint density at radius 1 is 1.00 bits per heavy atom. The number of fused-ring (bicyclic) bond motifs is 1. The van der Waals surface area contributed by atoms with Crippen LogP contribution in [0.25, 0.3) is 11.0 Å². The summed E-state index contributed by atoms with van der Waals surface area (Å²) in [6.07, 6.45) is 3.15. The van der Waals surface area contributed by atoms with Gasteiger partial charge >= 0.3 is 0 Å². The number of hydrogen-bond acceptors (Lipinski definition) is 5. The highest BCUT2D eigenvalue weighted by Gasteiger charge is 2.16. The quantitative estimate of drug-likeness (QED) is 0.426. The first-order valence-corrected chi connectivity index (χ1v) is 8.39.